The summed E-state index contributed by atoms with van der Waals surface area (Å²) in [4.78, 5) is 4.71. The monoisotopic (exact) mass is 465 g/mol. The molecule has 2 heteroatoms. The van der Waals surface area contributed by atoms with Gasteiger partial charge in [-0.3, -0.25) is 0 Å². The van der Waals surface area contributed by atoms with Gasteiger partial charge in [-0.1, -0.05) is 0 Å². The molecule has 0 radical (unpaired) electrons. The van der Waals surface area contributed by atoms with Crippen LogP contribution in [-0.4, -0.2) is 18.3 Å². The van der Waals surface area contributed by atoms with Gasteiger partial charge in [0.2, 0.25) is 0 Å². The maximum absolute atomic E-state index is 4.71. The van der Waals surface area contributed by atoms with Gasteiger partial charge in [0.05, 0.1) is 0 Å². The molecule has 4 aromatic carbocycles. The maximum atomic E-state index is 4.71. The first kappa shape index (κ1) is 20.3. The van der Waals surface area contributed by atoms with Crippen molar-refractivity contribution >= 4 is 50.0 Å². The van der Waals surface area contributed by atoms with Gasteiger partial charge in [0, 0.05) is 0 Å². The molecule has 0 amide bonds. The quantitative estimate of drug-likeness (QED) is 0.196. The molecular weight excluding hydrogens is 435 g/mol. The second kappa shape index (κ2) is 7.49. The Bertz CT molecular complexity index is 1440. The number of rotatable bonds is 3. The summed E-state index contributed by atoms with van der Waals surface area (Å²) in [6.07, 6.45) is 1.94. The summed E-state index contributed by atoms with van der Waals surface area (Å²) in [7, 11) is 0. The molecule has 1 nitrogen and oxygen atoms in total. The fourth-order valence-corrected chi connectivity index (χ4v) is 6.98. The average Bonchev–Trinajstić information content (AvgIpc) is 2.78. The molecule has 0 aliphatic heterocycles. The predicted octanol–water partition coefficient (Wildman–Crippen LogP) is 7.88. The van der Waals surface area contributed by atoms with Gasteiger partial charge >= 0.3 is 188 Å². The van der Waals surface area contributed by atoms with E-state index >= 15 is 0 Å². The second-order valence-corrected chi connectivity index (χ2v) is 20.6. The first-order valence-electron chi connectivity index (χ1n) is 11.2. The van der Waals surface area contributed by atoms with Crippen LogP contribution < -0.4 is 4.40 Å². The van der Waals surface area contributed by atoms with Gasteiger partial charge in [-0.2, -0.15) is 0 Å². The van der Waals surface area contributed by atoms with E-state index < -0.39 is 13.3 Å². The summed E-state index contributed by atoms with van der Waals surface area (Å²) in [5, 5.41) is 8.03. The Hall–Kier alpha value is -2.65. The Labute approximate surface area is 187 Å². The van der Waals surface area contributed by atoms with Gasteiger partial charge < -0.3 is 0 Å². The van der Waals surface area contributed by atoms with Crippen molar-refractivity contribution < 1.29 is 0 Å². The molecule has 0 saturated carbocycles. The van der Waals surface area contributed by atoms with Crippen LogP contribution in [0, 0.1) is 0 Å². The first-order chi connectivity index (χ1) is 14.8. The molecule has 5 rings (SSSR count). The number of aromatic nitrogens is 1. The molecule has 0 aliphatic rings. The third-order valence-corrected chi connectivity index (χ3v) is 10.7. The first-order valence-corrected chi connectivity index (χ1v) is 18.5. The topological polar surface area (TPSA) is 12.9 Å². The minimum absolute atomic E-state index is 0.494. The minimum atomic E-state index is -1.95. The Balaban J connectivity index is 1.87. The van der Waals surface area contributed by atoms with Gasteiger partial charge in [0.1, 0.15) is 0 Å². The summed E-state index contributed by atoms with van der Waals surface area (Å²) >= 11 is -1.95. The normalized spacial score (nSPS) is 12.3. The van der Waals surface area contributed by atoms with Gasteiger partial charge in [-0.15, -0.1) is 0 Å². The van der Waals surface area contributed by atoms with Crippen LogP contribution in [0.4, 0.5) is 0 Å². The van der Waals surface area contributed by atoms with Crippen molar-refractivity contribution in [3.05, 3.63) is 84.6 Å². The molecule has 1 aromatic heterocycles. The third kappa shape index (κ3) is 3.55. The van der Waals surface area contributed by atoms with Crippen molar-refractivity contribution in [2.24, 2.45) is 0 Å². The summed E-state index contributed by atoms with van der Waals surface area (Å²) in [6.45, 7) is 4.47. The van der Waals surface area contributed by atoms with E-state index in [1.165, 1.54) is 43.4 Å². The number of fused-ring (bicyclic) bond motifs is 6. The molecule has 31 heavy (non-hydrogen) atoms. The zero-order valence-corrected chi connectivity index (χ0v) is 21.1. The van der Waals surface area contributed by atoms with E-state index in [1.807, 2.05) is 6.20 Å². The standard InChI is InChI=1S/C29H29GeN/c1-19(2)20-14-15-31-29(17-20)21-10-12-25-23-8-6-7-9-24(23)26-13-11-22(30(3,4)5)18-28(26)27(25)16-21/h6-19H,1-5H3. The number of nitrogens with zero attached hydrogens (tertiary/aromatic N) is 1. The summed E-state index contributed by atoms with van der Waals surface area (Å²) in [6, 6.07) is 27.3. The summed E-state index contributed by atoms with van der Waals surface area (Å²) < 4.78 is 1.55. The Morgan fingerprint density at radius 1 is 0.645 bits per heavy atom. The van der Waals surface area contributed by atoms with Crippen molar-refractivity contribution in [2.45, 2.75) is 37.0 Å². The average molecular weight is 464 g/mol. The van der Waals surface area contributed by atoms with Crippen LogP contribution in [0.5, 0.6) is 0 Å². The zero-order chi connectivity index (χ0) is 21.8. The Morgan fingerprint density at radius 3 is 1.90 bits per heavy atom. The van der Waals surface area contributed by atoms with Gasteiger partial charge in [-0.25, -0.2) is 0 Å². The summed E-state index contributed by atoms with van der Waals surface area (Å²) in [5.74, 6) is 7.90. The molecule has 0 spiro atoms. The molecule has 0 atom stereocenters. The molecule has 0 bridgehead atoms. The summed E-state index contributed by atoms with van der Waals surface area (Å²) in [5.41, 5.74) is 3.57. The van der Waals surface area contributed by atoms with Crippen molar-refractivity contribution in [2.75, 3.05) is 0 Å². The van der Waals surface area contributed by atoms with Crippen molar-refractivity contribution in [1.82, 2.24) is 4.98 Å². The molecule has 0 N–H and O–H groups in total. The van der Waals surface area contributed by atoms with E-state index in [2.05, 4.69) is 104 Å². The zero-order valence-electron chi connectivity index (χ0n) is 19.0. The van der Waals surface area contributed by atoms with Gasteiger partial charge in [0.15, 0.2) is 0 Å². The van der Waals surface area contributed by atoms with Crippen LogP contribution in [0.3, 0.4) is 0 Å². The van der Waals surface area contributed by atoms with Crippen LogP contribution >= 0.6 is 0 Å². The molecular formula is C29H29GeN. The van der Waals surface area contributed by atoms with E-state index in [9.17, 15) is 0 Å². The Kier molecular flexibility index (Phi) is 4.90. The fourth-order valence-electron chi connectivity index (χ4n) is 4.55. The van der Waals surface area contributed by atoms with E-state index in [-0.39, 0.29) is 0 Å². The molecule has 0 fully saturated rings. The molecule has 1 heterocycles. The fraction of sp³-hybridized carbons (Fsp3) is 0.207. The van der Waals surface area contributed by atoms with E-state index in [0.717, 1.165) is 5.69 Å². The molecule has 0 aliphatic carbocycles. The van der Waals surface area contributed by atoms with E-state index in [1.54, 1.807) is 4.40 Å². The molecule has 154 valence electrons. The molecule has 0 unspecified atom stereocenters. The van der Waals surface area contributed by atoms with Crippen LogP contribution in [0.2, 0.25) is 17.3 Å². The predicted molar refractivity (Wildman–Crippen MR) is 139 cm³/mol. The van der Waals surface area contributed by atoms with E-state index in [0.29, 0.717) is 5.92 Å². The molecule has 5 aromatic rings. The van der Waals surface area contributed by atoms with Crippen LogP contribution in [0.15, 0.2) is 79.0 Å². The van der Waals surface area contributed by atoms with Crippen LogP contribution in [0.1, 0.15) is 25.3 Å². The Morgan fingerprint density at radius 2 is 1.26 bits per heavy atom. The van der Waals surface area contributed by atoms with E-state index in [4.69, 9.17) is 4.98 Å². The van der Waals surface area contributed by atoms with Crippen LogP contribution in [-0.2, 0) is 0 Å². The number of hydrogen-bond acceptors (Lipinski definition) is 1. The van der Waals surface area contributed by atoms with Gasteiger partial charge in [0.25, 0.3) is 0 Å². The van der Waals surface area contributed by atoms with Gasteiger partial charge in [-0.05, 0) is 0 Å². The number of benzene rings is 4. The van der Waals surface area contributed by atoms with Crippen molar-refractivity contribution in [3.63, 3.8) is 0 Å². The SMILES string of the molecule is CC(C)c1ccnc(-c2ccc3c4ccccc4c4cc[c]([Ge]([CH3])([CH3])[CH3])cc4c3c2)c1. The molecule has 0 saturated heterocycles. The number of pyridine rings is 1. The third-order valence-electron chi connectivity index (χ3n) is 6.45. The second-order valence-electron chi connectivity index (χ2n) is 9.95. The van der Waals surface area contributed by atoms with Crippen LogP contribution in [0.25, 0.3) is 43.6 Å². The van der Waals surface area contributed by atoms with Crippen molar-refractivity contribution in [1.29, 1.82) is 0 Å². The van der Waals surface area contributed by atoms with Crippen molar-refractivity contribution in [3.8, 4) is 11.3 Å². The number of hydrogen-bond donors (Lipinski definition) is 0.